The maximum absolute atomic E-state index is 11.0. The lowest BCUT2D eigenvalue weighted by atomic mass is 10.3. The molecule has 1 saturated heterocycles. The number of nitrogens with zero attached hydrogens (tertiary/aromatic N) is 1. The highest BCUT2D eigenvalue weighted by Crippen LogP contribution is 1.98. The molecule has 1 atom stereocenters. The van der Waals surface area contributed by atoms with E-state index in [4.69, 9.17) is 0 Å². The fourth-order valence-electron chi connectivity index (χ4n) is 1.19. The zero-order chi connectivity index (χ0) is 8.97. The summed E-state index contributed by atoms with van der Waals surface area (Å²) in [5, 5.41) is 12.3. The molecule has 5 nitrogen and oxygen atoms in total. The van der Waals surface area contributed by atoms with Crippen molar-refractivity contribution in [3.05, 3.63) is 0 Å². The molecule has 1 aliphatic rings. The summed E-state index contributed by atoms with van der Waals surface area (Å²) < 4.78 is 4.54. The van der Waals surface area contributed by atoms with Crippen LogP contribution in [0.15, 0.2) is 0 Å². The molecule has 0 aromatic rings. The average molecular weight is 174 g/mol. The zero-order valence-electron chi connectivity index (χ0n) is 7.12. The summed E-state index contributed by atoms with van der Waals surface area (Å²) in [4.78, 5) is 12.5. The van der Waals surface area contributed by atoms with Crippen LogP contribution >= 0.6 is 0 Å². The van der Waals surface area contributed by atoms with Crippen LogP contribution < -0.4 is 5.32 Å². The minimum Gasteiger partial charge on any atom is -0.453 e. The van der Waals surface area contributed by atoms with Crippen molar-refractivity contribution in [1.29, 1.82) is 0 Å². The summed E-state index contributed by atoms with van der Waals surface area (Å²) in [6, 6.07) is 0. The molecule has 0 bridgehead atoms. The number of hydrogen-bond acceptors (Lipinski definition) is 4. The third-order valence-electron chi connectivity index (χ3n) is 1.80. The molecule has 1 rings (SSSR count). The predicted molar refractivity (Wildman–Crippen MR) is 42.9 cm³/mol. The molecule has 70 valence electrons. The Balaban J connectivity index is 2.46. The molecule has 0 spiro atoms. The van der Waals surface area contributed by atoms with Gasteiger partial charge in [0.15, 0.2) is 0 Å². The number of carbonyl (C=O) groups excluding carboxylic acids is 1. The van der Waals surface area contributed by atoms with E-state index < -0.39 is 6.10 Å². The fraction of sp³-hybridized carbons (Fsp3) is 0.857. The van der Waals surface area contributed by atoms with Crippen LogP contribution in [0.1, 0.15) is 0 Å². The second-order valence-electron chi connectivity index (χ2n) is 2.77. The Morgan fingerprint density at radius 1 is 1.75 bits per heavy atom. The van der Waals surface area contributed by atoms with Crippen molar-refractivity contribution in [2.24, 2.45) is 0 Å². The molecule has 0 radical (unpaired) electrons. The van der Waals surface area contributed by atoms with Gasteiger partial charge in [0.25, 0.3) is 0 Å². The monoisotopic (exact) mass is 174 g/mol. The molecule has 1 amide bonds. The number of β-amino-alcohol motifs (C(OH)–C–C–N with tert-alkyl or cyclic N) is 1. The van der Waals surface area contributed by atoms with Gasteiger partial charge in [-0.25, -0.2) is 4.79 Å². The molecular weight excluding hydrogens is 160 g/mol. The van der Waals surface area contributed by atoms with E-state index in [0.717, 1.165) is 0 Å². The summed E-state index contributed by atoms with van der Waals surface area (Å²) in [5.41, 5.74) is 0. The molecule has 0 aromatic heterocycles. The largest absolute Gasteiger partial charge is 0.453 e. The highest BCUT2D eigenvalue weighted by Gasteiger charge is 2.19. The van der Waals surface area contributed by atoms with Crippen molar-refractivity contribution in [2.45, 2.75) is 6.10 Å². The van der Waals surface area contributed by atoms with Crippen LogP contribution in [0.5, 0.6) is 0 Å². The SMILES string of the molecule is COC(=O)N1CCNCC(O)C1. The molecular formula is C7H14N2O3. The zero-order valence-corrected chi connectivity index (χ0v) is 7.12. The van der Waals surface area contributed by atoms with E-state index in [1.807, 2.05) is 0 Å². The number of hydrogen-bond donors (Lipinski definition) is 2. The van der Waals surface area contributed by atoms with Crippen LogP contribution in [-0.4, -0.2) is 55.5 Å². The predicted octanol–water partition coefficient (Wildman–Crippen LogP) is -0.981. The highest BCUT2D eigenvalue weighted by molar-refractivity contribution is 5.67. The van der Waals surface area contributed by atoms with Gasteiger partial charge in [-0.2, -0.15) is 0 Å². The van der Waals surface area contributed by atoms with Crippen molar-refractivity contribution in [3.63, 3.8) is 0 Å². The minimum atomic E-state index is -0.494. The standard InChI is InChI=1S/C7H14N2O3/c1-12-7(11)9-3-2-8-4-6(10)5-9/h6,8,10H,2-5H2,1H3. The second-order valence-corrected chi connectivity index (χ2v) is 2.77. The summed E-state index contributed by atoms with van der Waals surface area (Å²) in [7, 11) is 1.34. The van der Waals surface area contributed by atoms with Crippen molar-refractivity contribution >= 4 is 6.09 Å². The van der Waals surface area contributed by atoms with Gasteiger partial charge in [0.05, 0.1) is 19.8 Å². The van der Waals surface area contributed by atoms with Crippen LogP contribution in [0.2, 0.25) is 0 Å². The van der Waals surface area contributed by atoms with Crippen molar-refractivity contribution < 1.29 is 14.6 Å². The van der Waals surface area contributed by atoms with Gasteiger partial charge in [0, 0.05) is 19.6 Å². The molecule has 1 aliphatic heterocycles. The minimum absolute atomic E-state index is 0.347. The molecule has 1 heterocycles. The van der Waals surface area contributed by atoms with E-state index in [1.54, 1.807) is 0 Å². The lowest BCUT2D eigenvalue weighted by Gasteiger charge is -2.19. The Kier molecular flexibility index (Phi) is 3.31. The topological polar surface area (TPSA) is 61.8 Å². The van der Waals surface area contributed by atoms with Gasteiger partial charge in [-0.15, -0.1) is 0 Å². The fourth-order valence-corrected chi connectivity index (χ4v) is 1.19. The van der Waals surface area contributed by atoms with Gasteiger partial charge >= 0.3 is 6.09 Å². The number of aliphatic hydroxyl groups is 1. The summed E-state index contributed by atoms with van der Waals surface area (Å²) in [6.45, 7) is 2.17. The maximum Gasteiger partial charge on any atom is 0.409 e. The number of carbonyl (C=O) groups is 1. The van der Waals surface area contributed by atoms with Crippen LogP contribution in [0.25, 0.3) is 0 Å². The molecule has 0 saturated carbocycles. The van der Waals surface area contributed by atoms with E-state index in [1.165, 1.54) is 12.0 Å². The number of ether oxygens (including phenoxy) is 1. The lowest BCUT2D eigenvalue weighted by Crippen LogP contribution is -2.37. The summed E-state index contributed by atoms with van der Waals surface area (Å²) >= 11 is 0. The quantitative estimate of drug-likeness (QED) is 0.495. The van der Waals surface area contributed by atoms with E-state index in [2.05, 4.69) is 10.1 Å². The summed E-state index contributed by atoms with van der Waals surface area (Å²) in [5.74, 6) is 0. The Morgan fingerprint density at radius 2 is 2.50 bits per heavy atom. The van der Waals surface area contributed by atoms with E-state index in [0.29, 0.717) is 26.2 Å². The summed E-state index contributed by atoms with van der Waals surface area (Å²) in [6.07, 6.45) is -0.871. The van der Waals surface area contributed by atoms with Crippen molar-refractivity contribution in [3.8, 4) is 0 Å². The van der Waals surface area contributed by atoms with Crippen molar-refractivity contribution in [2.75, 3.05) is 33.3 Å². The molecule has 12 heavy (non-hydrogen) atoms. The smallest absolute Gasteiger partial charge is 0.409 e. The van der Waals surface area contributed by atoms with Crippen LogP contribution in [-0.2, 0) is 4.74 Å². The third kappa shape index (κ3) is 2.35. The number of rotatable bonds is 0. The van der Waals surface area contributed by atoms with E-state index >= 15 is 0 Å². The van der Waals surface area contributed by atoms with Gasteiger partial charge < -0.3 is 20.1 Å². The van der Waals surface area contributed by atoms with E-state index in [-0.39, 0.29) is 6.09 Å². The van der Waals surface area contributed by atoms with Crippen LogP contribution in [0.3, 0.4) is 0 Å². The number of aliphatic hydroxyl groups excluding tert-OH is 1. The molecule has 2 N–H and O–H groups in total. The molecule has 1 unspecified atom stereocenters. The number of methoxy groups -OCH3 is 1. The first-order chi connectivity index (χ1) is 5.74. The molecule has 5 heteroatoms. The van der Waals surface area contributed by atoms with Gasteiger partial charge in [-0.1, -0.05) is 0 Å². The van der Waals surface area contributed by atoms with Gasteiger partial charge in [0.1, 0.15) is 0 Å². The molecule has 0 aromatic carbocycles. The number of nitrogens with one attached hydrogen (secondary N) is 1. The average Bonchev–Trinajstić information content (AvgIpc) is 2.28. The third-order valence-corrected chi connectivity index (χ3v) is 1.80. The Labute approximate surface area is 71.3 Å². The van der Waals surface area contributed by atoms with Crippen molar-refractivity contribution in [1.82, 2.24) is 10.2 Å². The van der Waals surface area contributed by atoms with Gasteiger partial charge in [-0.05, 0) is 0 Å². The van der Waals surface area contributed by atoms with E-state index in [9.17, 15) is 9.90 Å². The van der Waals surface area contributed by atoms with Gasteiger partial charge in [-0.3, -0.25) is 0 Å². The first-order valence-electron chi connectivity index (χ1n) is 3.95. The Bertz CT molecular complexity index is 163. The molecule has 1 fully saturated rings. The first-order valence-corrected chi connectivity index (χ1v) is 3.95. The Hall–Kier alpha value is -0.810. The first kappa shape index (κ1) is 9.28. The normalized spacial score (nSPS) is 24.8. The van der Waals surface area contributed by atoms with Crippen LogP contribution in [0.4, 0.5) is 4.79 Å². The molecule has 0 aliphatic carbocycles. The second kappa shape index (κ2) is 4.27. The number of amides is 1. The van der Waals surface area contributed by atoms with Gasteiger partial charge in [0.2, 0.25) is 0 Å². The highest BCUT2D eigenvalue weighted by atomic mass is 16.5. The lowest BCUT2D eigenvalue weighted by molar-refractivity contribution is 0.0966. The Morgan fingerprint density at radius 3 is 3.17 bits per heavy atom. The van der Waals surface area contributed by atoms with Crippen LogP contribution in [0, 0.1) is 0 Å². The maximum atomic E-state index is 11.0.